The van der Waals surface area contributed by atoms with E-state index >= 15 is 0 Å². The van der Waals surface area contributed by atoms with Crippen LogP contribution in [0.25, 0.3) is 0 Å². The second-order valence-electron chi connectivity index (χ2n) is 11.3. The molecule has 0 N–H and O–H groups in total. The highest BCUT2D eigenvalue weighted by molar-refractivity contribution is 6.39. The molecule has 0 aromatic heterocycles. The van der Waals surface area contributed by atoms with Crippen molar-refractivity contribution >= 4 is 7.28 Å². The summed E-state index contributed by atoms with van der Waals surface area (Å²) in [5.41, 5.74) is 0. The summed E-state index contributed by atoms with van der Waals surface area (Å²) < 4.78 is 0. The molecule has 0 bridgehead atoms. The van der Waals surface area contributed by atoms with E-state index in [0.717, 1.165) is 11.6 Å². The Morgan fingerprint density at radius 1 is 0.469 bits per heavy atom. The number of rotatable bonds is 14. The lowest BCUT2D eigenvalue weighted by atomic mass is 9.50. The van der Waals surface area contributed by atoms with E-state index in [1.54, 1.807) is 0 Å². The molecule has 189 valence electrons. The van der Waals surface area contributed by atoms with E-state index in [1.807, 2.05) is 0 Å². The highest BCUT2D eigenvalue weighted by Crippen LogP contribution is 2.32. The fraction of sp³-hybridized carbons (Fsp3) is 1.00. The van der Waals surface area contributed by atoms with E-state index < -0.39 is 0 Å². The zero-order chi connectivity index (χ0) is 23.0. The van der Waals surface area contributed by atoms with Crippen molar-refractivity contribution in [3.63, 3.8) is 0 Å². The summed E-state index contributed by atoms with van der Waals surface area (Å²) in [6.07, 6.45) is 39.8. The summed E-state index contributed by atoms with van der Waals surface area (Å²) in [6, 6.07) is 0. The van der Waals surface area contributed by atoms with Crippen molar-refractivity contribution in [2.75, 3.05) is 0 Å². The predicted octanol–water partition coefficient (Wildman–Crippen LogP) is 11.9. The van der Waals surface area contributed by atoms with Gasteiger partial charge in [0.1, 0.15) is 7.28 Å². The largest absolute Gasteiger partial charge is 0.117 e. The molecule has 0 spiro atoms. The van der Waals surface area contributed by atoms with Crippen LogP contribution >= 0.6 is 0 Å². The fourth-order valence-electron chi connectivity index (χ4n) is 5.84. The number of hydrogen-bond acceptors (Lipinski definition) is 0. The Morgan fingerprint density at radius 3 is 1.19 bits per heavy atom. The lowest BCUT2D eigenvalue weighted by Crippen LogP contribution is -2.13. The second kappa shape index (κ2) is 24.2. The Morgan fingerprint density at radius 2 is 0.812 bits per heavy atom. The van der Waals surface area contributed by atoms with Gasteiger partial charge in [-0.25, -0.2) is 0 Å². The summed E-state index contributed by atoms with van der Waals surface area (Å²) >= 11 is 0. The van der Waals surface area contributed by atoms with Crippen LogP contribution < -0.4 is 0 Å². The van der Waals surface area contributed by atoms with Crippen LogP contribution in [0.4, 0.5) is 0 Å². The van der Waals surface area contributed by atoms with Crippen LogP contribution in [0.2, 0.25) is 11.6 Å². The van der Waals surface area contributed by atoms with E-state index in [4.69, 9.17) is 0 Å². The molecule has 0 aromatic rings. The zero-order valence-corrected chi connectivity index (χ0v) is 22.8. The maximum atomic E-state index is 2.91. The summed E-state index contributed by atoms with van der Waals surface area (Å²) in [4.78, 5) is 0. The van der Waals surface area contributed by atoms with Crippen LogP contribution in [0.3, 0.4) is 0 Å². The van der Waals surface area contributed by atoms with E-state index in [2.05, 4.69) is 21.1 Å². The van der Waals surface area contributed by atoms with Crippen LogP contribution in [0, 0.1) is 0 Å². The van der Waals surface area contributed by atoms with Gasteiger partial charge in [0.25, 0.3) is 0 Å². The standard InChI is InChI=1S/C31H62B/c1-3-5-7-18-22-26-30(27-23-19-8-6-4-2)32-31-28-24-20-16-14-12-10-9-11-13-15-17-21-25-29-31/h30-31H,3-29H2,1-2H3. The van der Waals surface area contributed by atoms with E-state index in [9.17, 15) is 0 Å². The summed E-state index contributed by atoms with van der Waals surface area (Å²) in [6.45, 7) is 4.67. The van der Waals surface area contributed by atoms with E-state index in [0.29, 0.717) is 0 Å². The Hall–Kier alpha value is 0.0649. The SMILES string of the molecule is CCCCCCCC([B]C1CCCCCCCCCCCCCCC1)CCCCCCC. The monoisotopic (exact) mass is 445 g/mol. The highest BCUT2D eigenvalue weighted by Gasteiger charge is 2.18. The molecule has 0 unspecified atom stereocenters. The van der Waals surface area contributed by atoms with Gasteiger partial charge in [0.2, 0.25) is 0 Å². The third kappa shape index (κ3) is 19.5. The van der Waals surface area contributed by atoms with Gasteiger partial charge in [-0.2, -0.15) is 0 Å². The topological polar surface area (TPSA) is 0 Å². The van der Waals surface area contributed by atoms with Crippen molar-refractivity contribution in [3.8, 4) is 0 Å². The Balaban J connectivity index is 2.46. The normalized spacial score (nSPS) is 18.7. The van der Waals surface area contributed by atoms with Gasteiger partial charge in [-0.05, 0) is 0 Å². The van der Waals surface area contributed by atoms with E-state index in [1.165, 1.54) is 173 Å². The maximum Gasteiger partial charge on any atom is 0.117 e. The predicted molar refractivity (Wildman–Crippen MR) is 149 cm³/mol. The molecule has 32 heavy (non-hydrogen) atoms. The van der Waals surface area contributed by atoms with Gasteiger partial charge >= 0.3 is 0 Å². The first-order valence-corrected chi connectivity index (χ1v) is 15.7. The maximum absolute atomic E-state index is 2.91. The zero-order valence-electron chi connectivity index (χ0n) is 22.8. The first-order chi connectivity index (χ1) is 15.9. The average molecular weight is 446 g/mol. The molecular weight excluding hydrogens is 383 g/mol. The molecule has 0 aromatic carbocycles. The quantitative estimate of drug-likeness (QED) is 0.184. The molecule has 0 aliphatic heterocycles. The summed E-state index contributed by atoms with van der Waals surface area (Å²) in [7, 11) is 2.91. The molecular formula is C31H62B. The lowest BCUT2D eigenvalue weighted by molar-refractivity contribution is 0.495. The van der Waals surface area contributed by atoms with Crippen molar-refractivity contribution in [1.29, 1.82) is 0 Å². The summed E-state index contributed by atoms with van der Waals surface area (Å²) in [5.74, 6) is 1.83. The van der Waals surface area contributed by atoms with Crippen molar-refractivity contribution in [1.82, 2.24) is 0 Å². The molecule has 1 saturated carbocycles. The van der Waals surface area contributed by atoms with Crippen molar-refractivity contribution < 1.29 is 0 Å². The van der Waals surface area contributed by atoms with Crippen molar-refractivity contribution in [2.45, 2.75) is 199 Å². The molecule has 1 aliphatic carbocycles. The van der Waals surface area contributed by atoms with Gasteiger partial charge in [-0.3, -0.25) is 0 Å². The van der Waals surface area contributed by atoms with Gasteiger partial charge in [0, 0.05) is 0 Å². The molecule has 1 aliphatic rings. The smallest absolute Gasteiger partial charge is 0.0686 e. The first kappa shape index (κ1) is 30.1. The Labute approximate surface area is 206 Å². The molecule has 1 radical (unpaired) electrons. The molecule has 1 rings (SSSR count). The number of unbranched alkanes of at least 4 members (excludes halogenated alkanes) is 8. The Kier molecular flexibility index (Phi) is 22.8. The Bertz CT molecular complexity index is 322. The molecule has 0 nitrogen and oxygen atoms in total. The van der Waals surface area contributed by atoms with Gasteiger partial charge < -0.3 is 0 Å². The van der Waals surface area contributed by atoms with Gasteiger partial charge in [0.05, 0.1) is 0 Å². The minimum absolute atomic E-state index is 0.911. The molecule has 1 fully saturated rings. The third-order valence-electron chi connectivity index (χ3n) is 8.05. The van der Waals surface area contributed by atoms with Crippen LogP contribution in [0.15, 0.2) is 0 Å². The average Bonchev–Trinajstić information content (AvgIpc) is 2.79. The van der Waals surface area contributed by atoms with Gasteiger partial charge in [0.15, 0.2) is 0 Å². The van der Waals surface area contributed by atoms with Crippen LogP contribution in [0.5, 0.6) is 0 Å². The summed E-state index contributed by atoms with van der Waals surface area (Å²) in [5, 5.41) is 0. The highest BCUT2D eigenvalue weighted by atomic mass is 14.1. The minimum atomic E-state index is 0.911. The molecule has 0 amide bonds. The minimum Gasteiger partial charge on any atom is -0.0686 e. The van der Waals surface area contributed by atoms with Crippen LogP contribution in [-0.4, -0.2) is 7.28 Å². The fourth-order valence-corrected chi connectivity index (χ4v) is 5.84. The first-order valence-electron chi connectivity index (χ1n) is 15.7. The van der Waals surface area contributed by atoms with Gasteiger partial charge in [-0.15, -0.1) is 0 Å². The molecule has 0 saturated heterocycles. The molecule has 0 atom stereocenters. The van der Waals surface area contributed by atoms with Crippen molar-refractivity contribution in [3.05, 3.63) is 0 Å². The van der Waals surface area contributed by atoms with Crippen molar-refractivity contribution in [2.24, 2.45) is 0 Å². The molecule has 0 heterocycles. The second-order valence-corrected chi connectivity index (χ2v) is 11.3. The van der Waals surface area contributed by atoms with Crippen LogP contribution in [0.1, 0.15) is 187 Å². The molecule has 1 heteroatoms. The lowest BCUT2D eigenvalue weighted by Gasteiger charge is -2.23. The van der Waals surface area contributed by atoms with Crippen LogP contribution in [-0.2, 0) is 0 Å². The van der Waals surface area contributed by atoms with Gasteiger partial charge in [-0.1, -0.05) is 199 Å². The number of hydrogen-bond donors (Lipinski definition) is 0. The van der Waals surface area contributed by atoms with E-state index in [-0.39, 0.29) is 0 Å². The third-order valence-corrected chi connectivity index (χ3v) is 8.05.